The van der Waals surface area contributed by atoms with Crippen molar-refractivity contribution in [2.45, 2.75) is 51.4 Å². The zero-order valence-corrected chi connectivity index (χ0v) is 16.5. The zero-order chi connectivity index (χ0) is 20.1. The summed E-state index contributed by atoms with van der Waals surface area (Å²) in [6.45, 7) is 2.24. The van der Waals surface area contributed by atoms with Crippen molar-refractivity contribution in [3.8, 4) is 11.1 Å². The van der Waals surface area contributed by atoms with Gasteiger partial charge in [-0.25, -0.2) is 13.2 Å². The van der Waals surface area contributed by atoms with Crippen molar-refractivity contribution in [2.24, 2.45) is 5.92 Å². The van der Waals surface area contributed by atoms with Crippen LogP contribution in [0.3, 0.4) is 0 Å². The lowest BCUT2D eigenvalue weighted by atomic mass is 9.77. The molecule has 0 spiro atoms. The second-order valence-electron chi connectivity index (χ2n) is 7.61. The van der Waals surface area contributed by atoms with E-state index >= 15 is 0 Å². The molecule has 0 bridgehead atoms. The molecule has 1 nitrogen and oxygen atoms in total. The van der Waals surface area contributed by atoms with Crippen LogP contribution in [-0.4, -0.2) is 7.11 Å². The van der Waals surface area contributed by atoms with Gasteiger partial charge in [-0.1, -0.05) is 44.0 Å². The minimum Gasteiger partial charge on any atom is -0.504 e. The van der Waals surface area contributed by atoms with Crippen LogP contribution in [0.5, 0.6) is 0 Å². The van der Waals surface area contributed by atoms with Crippen LogP contribution in [0.4, 0.5) is 13.2 Å². The number of hydrogen-bond acceptors (Lipinski definition) is 1. The number of hydrogen-bond donors (Lipinski definition) is 0. The van der Waals surface area contributed by atoms with Crippen LogP contribution in [0.2, 0.25) is 0 Å². The van der Waals surface area contributed by atoms with Crippen molar-refractivity contribution in [1.29, 1.82) is 0 Å². The Morgan fingerprint density at radius 3 is 2.29 bits per heavy atom. The third kappa shape index (κ3) is 4.43. The first-order valence-corrected chi connectivity index (χ1v) is 10.0. The van der Waals surface area contributed by atoms with Crippen molar-refractivity contribution >= 4 is 6.08 Å². The summed E-state index contributed by atoms with van der Waals surface area (Å²) in [6, 6.07) is 8.83. The maximum atomic E-state index is 14.3. The molecule has 1 aliphatic carbocycles. The van der Waals surface area contributed by atoms with Gasteiger partial charge in [0.2, 0.25) is 0 Å². The predicted molar refractivity (Wildman–Crippen MR) is 107 cm³/mol. The van der Waals surface area contributed by atoms with Crippen LogP contribution in [0.25, 0.3) is 17.2 Å². The first kappa shape index (κ1) is 20.5. The molecule has 0 unspecified atom stereocenters. The van der Waals surface area contributed by atoms with Gasteiger partial charge in [0, 0.05) is 5.56 Å². The minimum atomic E-state index is -1.47. The molecule has 1 fully saturated rings. The maximum absolute atomic E-state index is 14.3. The van der Waals surface area contributed by atoms with Crippen LogP contribution in [0.1, 0.15) is 62.5 Å². The largest absolute Gasteiger partial charge is 0.504 e. The van der Waals surface area contributed by atoms with Crippen molar-refractivity contribution in [3.05, 3.63) is 65.2 Å². The van der Waals surface area contributed by atoms with Gasteiger partial charge in [0.15, 0.2) is 17.5 Å². The van der Waals surface area contributed by atoms with Crippen LogP contribution in [-0.2, 0) is 4.74 Å². The first-order chi connectivity index (χ1) is 13.5. The first-order valence-electron chi connectivity index (χ1n) is 10.0. The van der Waals surface area contributed by atoms with E-state index in [0.29, 0.717) is 17.0 Å². The molecule has 4 heteroatoms. The van der Waals surface area contributed by atoms with Gasteiger partial charge in [0.05, 0.1) is 13.4 Å². The highest BCUT2D eigenvalue weighted by atomic mass is 19.2. The summed E-state index contributed by atoms with van der Waals surface area (Å²) in [5.41, 5.74) is 2.20. The quantitative estimate of drug-likeness (QED) is 0.368. The van der Waals surface area contributed by atoms with E-state index in [1.807, 2.05) is 24.3 Å². The molecule has 0 heterocycles. The molecule has 0 atom stereocenters. The summed E-state index contributed by atoms with van der Waals surface area (Å²) in [5, 5.41) is 0. The van der Waals surface area contributed by atoms with Crippen LogP contribution >= 0.6 is 0 Å². The summed E-state index contributed by atoms with van der Waals surface area (Å²) in [6.07, 6.45) is 10.0. The van der Waals surface area contributed by atoms with Gasteiger partial charge < -0.3 is 4.74 Å². The highest BCUT2D eigenvalue weighted by Crippen LogP contribution is 2.38. The minimum absolute atomic E-state index is 0.0198. The molecule has 3 rings (SSSR count). The fourth-order valence-electron chi connectivity index (χ4n) is 4.27. The molecule has 0 N–H and O–H groups in total. The molecule has 0 radical (unpaired) electrons. The average Bonchev–Trinajstić information content (AvgIpc) is 2.72. The number of rotatable bonds is 6. The van der Waals surface area contributed by atoms with Gasteiger partial charge in [-0.2, -0.15) is 0 Å². The molecule has 2 aromatic rings. The summed E-state index contributed by atoms with van der Waals surface area (Å²) < 4.78 is 46.6. The lowest BCUT2D eigenvalue weighted by Gasteiger charge is -2.28. The molecule has 1 saturated carbocycles. The Kier molecular flexibility index (Phi) is 6.82. The second-order valence-corrected chi connectivity index (χ2v) is 7.61. The van der Waals surface area contributed by atoms with E-state index in [9.17, 15) is 13.2 Å². The third-order valence-corrected chi connectivity index (χ3v) is 5.81. The topological polar surface area (TPSA) is 9.23 Å². The molecule has 0 aromatic heterocycles. The van der Waals surface area contributed by atoms with Gasteiger partial charge in [0.1, 0.15) is 0 Å². The van der Waals surface area contributed by atoms with Gasteiger partial charge in [-0.15, -0.1) is 0 Å². The third-order valence-electron chi connectivity index (χ3n) is 5.81. The van der Waals surface area contributed by atoms with E-state index in [1.165, 1.54) is 63.5 Å². The standard InChI is InChI=1S/C24H27F3O/c1-3-4-16-5-7-17(8-6-16)18-9-11-19(12-10-18)21-15-22(25)24(27)23(26)20(21)13-14-28-2/h9-17H,3-8H2,1-2H3. The Labute approximate surface area is 165 Å². The van der Waals surface area contributed by atoms with E-state index < -0.39 is 17.5 Å². The molecular weight excluding hydrogens is 361 g/mol. The van der Waals surface area contributed by atoms with E-state index in [4.69, 9.17) is 4.74 Å². The normalized spacial score (nSPS) is 19.9. The Bertz CT molecular complexity index is 819. The van der Waals surface area contributed by atoms with Gasteiger partial charge >= 0.3 is 0 Å². The number of ether oxygens (including phenoxy) is 1. The number of halogens is 3. The summed E-state index contributed by atoms with van der Waals surface area (Å²) in [7, 11) is 1.41. The molecule has 28 heavy (non-hydrogen) atoms. The van der Waals surface area contributed by atoms with E-state index in [-0.39, 0.29) is 5.56 Å². The highest BCUT2D eigenvalue weighted by Gasteiger charge is 2.22. The SMILES string of the molecule is CCCC1CCC(c2ccc(-c3cc(F)c(F)c(F)c3C=COC)cc2)CC1. The second kappa shape index (κ2) is 9.31. The van der Waals surface area contributed by atoms with Crippen molar-refractivity contribution in [2.75, 3.05) is 7.11 Å². The molecular formula is C24H27F3O. The van der Waals surface area contributed by atoms with Crippen molar-refractivity contribution in [1.82, 2.24) is 0 Å². The summed E-state index contributed by atoms with van der Waals surface area (Å²) >= 11 is 0. The van der Waals surface area contributed by atoms with Gasteiger partial charge in [-0.3, -0.25) is 0 Å². The van der Waals surface area contributed by atoms with Crippen molar-refractivity contribution < 1.29 is 17.9 Å². The molecule has 0 saturated heterocycles. The summed E-state index contributed by atoms with van der Waals surface area (Å²) in [4.78, 5) is 0. The molecule has 1 aliphatic rings. The lowest BCUT2D eigenvalue weighted by molar-refractivity contribution is 0.308. The van der Waals surface area contributed by atoms with E-state index in [0.717, 1.165) is 12.0 Å². The average molecular weight is 388 g/mol. The molecule has 0 amide bonds. The fraction of sp³-hybridized carbons (Fsp3) is 0.417. The highest BCUT2D eigenvalue weighted by molar-refractivity contribution is 5.75. The number of methoxy groups -OCH3 is 1. The zero-order valence-electron chi connectivity index (χ0n) is 16.5. The molecule has 2 aromatic carbocycles. The Balaban J connectivity index is 1.85. The molecule has 0 aliphatic heterocycles. The number of benzene rings is 2. The van der Waals surface area contributed by atoms with Gasteiger partial charge in [0.25, 0.3) is 0 Å². The molecule has 150 valence electrons. The fourth-order valence-corrected chi connectivity index (χ4v) is 4.27. The van der Waals surface area contributed by atoms with Crippen molar-refractivity contribution in [3.63, 3.8) is 0 Å². The summed E-state index contributed by atoms with van der Waals surface area (Å²) in [5.74, 6) is -2.49. The maximum Gasteiger partial charge on any atom is 0.195 e. The Morgan fingerprint density at radius 2 is 1.68 bits per heavy atom. The lowest BCUT2D eigenvalue weighted by Crippen LogP contribution is -2.13. The van der Waals surface area contributed by atoms with Crippen LogP contribution in [0.15, 0.2) is 36.6 Å². The van der Waals surface area contributed by atoms with E-state index in [1.54, 1.807) is 0 Å². The smallest absolute Gasteiger partial charge is 0.195 e. The van der Waals surface area contributed by atoms with E-state index in [2.05, 4.69) is 6.92 Å². The Morgan fingerprint density at radius 1 is 1.00 bits per heavy atom. The predicted octanol–water partition coefficient (Wildman–Crippen LogP) is 7.46. The van der Waals surface area contributed by atoms with Crippen LogP contribution < -0.4 is 0 Å². The van der Waals surface area contributed by atoms with Gasteiger partial charge in [-0.05, 0) is 66.4 Å². The monoisotopic (exact) mass is 388 g/mol. The van der Waals surface area contributed by atoms with Crippen LogP contribution in [0, 0.1) is 23.4 Å². The Hall–Kier alpha value is -2.23.